The van der Waals surface area contributed by atoms with Crippen LogP contribution < -0.4 is 10.5 Å². The molecule has 0 spiro atoms. The highest BCUT2D eigenvalue weighted by Gasteiger charge is 2.05. The largest absolute Gasteiger partial charge is 0.457 e. The minimum absolute atomic E-state index is 0. The van der Waals surface area contributed by atoms with Crippen molar-refractivity contribution in [3.8, 4) is 11.5 Å². The van der Waals surface area contributed by atoms with E-state index in [4.69, 9.17) is 10.5 Å². The second-order valence-electron chi connectivity index (χ2n) is 4.23. The van der Waals surface area contributed by atoms with Crippen LogP contribution in [0.15, 0.2) is 48.5 Å². The number of benzene rings is 2. The highest BCUT2D eigenvalue weighted by Crippen LogP contribution is 2.26. The molecule has 0 aliphatic heterocycles. The van der Waals surface area contributed by atoms with Gasteiger partial charge in [-0.3, -0.25) is 0 Å². The fourth-order valence-corrected chi connectivity index (χ4v) is 1.69. The van der Waals surface area contributed by atoms with Crippen molar-refractivity contribution in [2.45, 2.75) is 19.9 Å². The maximum Gasteiger partial charge on any atom is 0.130 e. The molecule has 18 heavy (non-hydrogen) atoms. The quantitative estimate of drug-likeness (QED) is 0.899. The maximum absolute atomic E-state index is 5.84. The summed E-state index contributed by atoms with van der Waals surface area (Å²) in [5.74, 6) is 1.73. The van der Waals surface area contributed by atoms with Gasteiger partial charge in [-0.1, -0.05) is 30.3 Å². The van der Waals surface area contributed by atoms with Crippen molar-refractivity contribution in [1.82, 2.24) is 0 Å². The Morgan fingerprint density at radius 1 is 1.06 bits per heavy atom. The summed E-state index contributed by atoms with van der Waals surface area (Å²) in [5, 5.41) is 0. The topological polar surface area (TPSA) is 35.2 Å². The zero-order valence-corrected chi connectivity index (χ0v) is 11.4. The molecule has 0 aromatic heterocycles. The maximum atomic E-state index is 5.84. The van der Waals surface area contributed by atoms with Crippen molar-refractivity contribution < 1.29 is 4.74 Å². The normalized spacial score (nSPS) is 11.5. The van der Waals surface area contributed by atoms with Crippen LogP contribution in [0.4, 0.5) is 0 Å². The molecule has 0 amide bonds. The first-order valence-electron chi connectivity index (χ1n) is 5.76. The number of aryl methyl sites for hydroxylation is 1. The predicted octanol–water partition coefficient (Wildman–Crippen LogP) is 4.23. The molecule has 0 aliphatic rings. The molecule has 2 N–H and O–H groups in total. The number of nitrogens with two attached hydrogens (primary N) is 1. The van der Waals surface area contributed by atoms with E-state index in [-0.39, 0.29) is 18.4 Å². The van der Waals surface area contributed by atoms with E-state index >= 15 is 0 Å². The number of hydrogen-bond acceptors (Lipinski definition) is 2. The lowest BCUT2D eigenvalue weighted by Crippen LogP contribution is -2.05. The van der Waals surface area contributed by atoms with E-state index in [9.17, 15) is 0 Å². The van der Waals surface area contributed by atoms with E-state index < -0.39 is 0 Å². The van der Waals surface area contributed by atoms with E-state index in [1.54, 1.807) is 0 Å². The SMILES string of the molecule is Cc1cc(C(C)N)ccc1Oc1ccccc1.Cl. The van der Waals surface area contributed by atoms with E-state index in [1.807, 2.05) is 56.3 Å². The van der Waals surface area contributed by atoms with Gasteiger partial charge in [-0.2, -0.15) is 0 Å². The number of ether oxygens (including phenoxy) is 1. The van der Waals surface area contributed by atoms with E-state index in [0.29, 0.717) is 0 Å². The molecule has 1 unspecified atom stereocenters. The number of halogens is 1. The molecule has 0 fully saturated rings. The van der Waals surface area contributed by atoms with Crippen LogP contribution in [0.25, 0.3) is 0 Å². The fourth-order valence-electron chi connectivity index (χ4n) is 1.69. The van der Waals surface area contributed by atoms with Gasteiger partial charge in [0.25, 0.3) is 0 Å². The van der Waals surface area contributed by atoms with Crippen molar-refractivity contribution in [1.29, 1.82) is 0 Å². The van der Waals surface area contributed by atoms with Gasteiger partial charge in [0.2, 0.25) is 0 Å². The van der Waals surface area contributed by atoms with Gasteiger partial charge in [0.1, 0.15) is 11.5 Å². The number of para-hydroxylation sites is 1. The number of rotatable bonds is 3. The van der Waals surface area contributed by atoms with Crippen LogP contribution in [0.2, 0.25) is 0 Å². The zero-order chi connectivity index (χ0) is 12.3. The Kier molecular flexibility index (Phi) is 5.20. The van der Waals surface area contributed by atoms with E-state index in [2.05, 4.69) is 6.07 Å². The van der Waals surface area contributed by atoms with Crippen LogP contribution in [0.3, 0.4) is 0 Å². The molecular formula is C15H18ClNO. The Labute approximate surface area is 114 Å². The zero-order valence-electron chi connectivity index (χ0n) is 10.6. The molecule has 0 saturated carbocycles. The highest BCUT2D eigenvalue weighted by molar-refractivity contribution is 5.85. The molecule has 0 heterocycles. The summed E-state index contributed by atoms with van der Waals surface area (Å²) in [6.45, 7) is 4.01. The van der Waals surface area contributed by atoms with Crippen molar-refractivity contribution >= 4 is 12.4 Å². The van der Waals surface area contributed by atoms with Gasteiger partial charge in [-0.15, -0.1) is 12.4 Å². The molecule has 0 aliphatic carbocycles. The molecule has 0 saturated heterocycles. The van der Waals surface area contributed by atoms with Crippen LogP contribution in [0, 0.1) is 6.92 Å². The highest BCUT2D eigenvalue weighted by atomic mass is 35.5. The predicted molar refractivity (Wildman–Crippen MR) is 77.5 cm³/mol. The van der Waals surface area contributed by atoms with Crippen LogP contribution in [-0.2, 0) is 0 Å². The third-order valence-electron chi connectivity index (χ3n) is 2.70. The summed E-state index contributed by atoms with van der Waals surface area (Å²) >= 11 is 0. The molecule has 3 heteroatoms. The summed E-state index contributed by atoms with van der Waals surface area (Å²) < 4.78 is 5.80. The van der Waals surface area contributed by atoms with Gasteiger partial charge >= 0.3 is 0 Å². The Morgan fingerprint density at radius 3 is 2.28 bits per heavy atom. The molecule has 96 valence electrons. The molecule has 2 aromatic rings. The van der Waals surface area contributed by atoms with Crippen LogP contribution in [0.1, 0.15) is 24.1 Å². The van der Waals surface area contributed by atoms with Gasteiger partial charge < -0.3 is 10.5 Å². The molecule has 0 radical (unpaired) electrons. The van der Waals surface area contributed by atoms with Crippen LogP contribution in [-0.4, -0.2) is 0 Å². The minimum Gasteiger partial charge on any atom is -0.457 e. The fraction of sp³-hybridized carbons (Fsp3) is 0.200. The van der Waals surface area contributed by atoms with Crippen molar-refractivity contribution in [2.24, 2.45) is 5.73 Å². The molecule has 2 rings (SSSR count). The summed E-state index contributed by atoms with van der Waals surface area (Å²) in [6, 6.07) is 15.9. The summed E-state index contributed by atoms with van der Waals surface area (Å²) in [4.78, 5) is 0. The second-order valence-corrected chi connectivity index (χ2v) is 4.23. The smallest absolute Gasteiger partial charge is 0.130 e. The average molecular weight is 264 g/mol. The first-order chi connectivity index (χ1) is 8.16. The molecular weight excluding hydrogens is 246 g/mol. The summed E-state index contributed by atoms with van der Waals surface area (Å²) in [6.07, 6.45) is 0. The van der Waals surface area contributed by atoms with Crippen molar-refractivity contribution in [2.75, 3.05) is 0 Å². The van der Waals surface area contributed by atoms with E-state index in [0.717, 1.165) is 22.6 Å². The number of hydrogen-bond donors (Lipinski definition) is 1. The monoisotopic (exact) mass is 263 g/mol. The van der Waals surface area contributed by atoms with Gasteiger partial charge in [-0.25, -0.2) is 0 Å². The lowest BCUT2D eigenvalue weighted by molar-refractivity contribution is 0.478. The van der Waals surface area contributed by atoms with Gasteiger partial charge in [-0.05, 0) is 43.2 Å². The minimum atomic E-state index is 0. The molecule has 2 aromatic carbocycles. The second kappa shape index (κ2) is 6.43. The van der Waals surface area contributed by atoms with Gasteiger partial charge in [0.05, 0.1) is 0 Å². The lowest BCUT2D eigenvalue weighted by Gasteiger charge is -2.11. The Bertz CT molecular complexity index is 497. The molecule has 1 atom stereocenters. The Balaban J connectivity index is 0.00000162. The average Bonchev–Trinajstić information content (AvgIpc) is 2.33. The van der Waals surface area contributed by atoms with Crippen molar-refractivity contribution in [3.05, 3.63) is 59.7 Å². The lowest BCUT2D eigenvalue weighted by atomic mass is 10.1. The van der Waals surface area contributed by atoms with Crippen LogP contribution in [0.5, 0.6) is 11.5 Å². The third-order valence-corrected chi connectivity index (χ3v) is 2.70. The molecule has 2 nitrogen and oxygen atoms in total. The first-order valence-corrected chi connectivity index (χ1v) is 5.76. The summed E-state index contributed by atoms with van der Waals surface area (Å²) in [5.41, 5.74) is 8.07. The van der Waals surface area contributed by atoms with Crippen molar-refractivity contribution in [3.63, 3.8) is 0 Å². The Hall–Kier alpha value is -1.51. The molecule has 0 bridgehead atoms. The van der Waals surface area contributed by atoms with Crippen LogP contribution >= 0.6 is 12.4 Å². The van der Waals surface area contributed by atoms with Gasteiger partial charge in [0, 0.05) is 6.04 Å². The first kappa shape index (κ1) is 14.6. The standard InChI is InChI=1S/C15H17NO.ClH/c1-11-10-13(12(2)16)8-9-15(11)17-14-6-4-3-5-7-14;/h3-10,12H,16H2,1-2H3;1H. The summed E-state index contributed by atoms with van der Waals surface area (Å²) in [7, 11) is 0. The van der Waals surface area contributed by atoms with Gasteiger partial charge in [0.15, 0.2) is 0 Å². The third kappa shape index (κ3) is 3.49. The Morgan fingerprint density at radius 2 is 1.72 bits per heavy atom. The van der Waals surface area contributed by atoms with E-state index in [1.165, 1.54) is 0 Å².